The predicted octanol–water partition coefficient (Wildman–Crippen LogP) is 5.77. The van der Waals surface area contributed by atoms with Crippen LogP contribution in [0.15, 0.2) is 83.6 Å². The number of fused-ring (bicyclic) bond motifs is 1. The molecule has 0 amide bonds. The Morgan fingerprint density at radius 3 is 2.41 bits per heavy atom. The first-order valence-electron chi connectivity index (χ1n) is 8.13. The first-order valence-corrected chi connectivity index (χ1v) is 8.93. The van der Waals surface area contributed by atoms with Gasteiger partial charge in [-0.25, -0.2) is 9.97 Å². The number of nitro benzene ring substituents is 1. The standard InChI is InChI=1S/C20H13BrN4O2/c21-14-5-4-8-16(11-14)24(15-6-2-1-3-7-15)20-18-12-17(25(26)27)9-10-19(18)22-13-23-20/h1-13H. The molecule has 0 saturated heterocycles. The van der Waals surface area contributed by atoms with Crippen LogP contribution in [0.3, 0.4) is 0 Å². The molecule has 132 valence electrons. The van der Waals surface area contributed by atoms with Crippen molar-refractivity contribution < 1.29 is 4.92 Å². The van der Waals surface area contributed by atoms with Crippen LogP contribution in [-0.2, 0) is 0 Å². The fourth-order valence-electron chi connectivity index (χ4n) is 2.91. The summed E-state index contributed by atoms with van der Waals surface area (Å²) >= 11 is 3.51. The predicted molar refractivity (Wildman–Crippen MR) is 109 cm³/mol. The van der Waals surface area contributed by atoms with Crippen molar-refractivity contribution in [3.8, 4) is 0 Å². The quantitative estimate of drug-likeness (QED) is 0.309. The highest BCUT2D eigenvalue weighted by Crippen LogP contribution is 2.38. The van der Waals surface area contributed by atoms with Crippen molar-refractivity contribution in [1.82, 2.24) is 9.97 Å². The summed E-state index contributed by atoms with van der Waals surface area (Å²) in [6, 6.07) is 22.1. The lowest BCUT2D eigenvalue weighted by Gasteiger charge is -2.25. The minimum Gasteiger partial charge on any atom is -0.294 e. The first-order chi connectivity index (χ1) is 13.1. The summed E-state index contributed by atoms with van der Waals surface area (Å²) in [5.41, 5.74) is 2.41. The van der Waals surface area contributed by atoms with Gasteiger partial charge in [-0.15, -0.1) is 0 Å². The molecule has 0 N–H and O–H groups in total. The van der Waals surface area contributed by atoms with Gasteiger partial charge < -0.3 is 0 Å². The number of nitrogens with zero attached hydrogens (tertiary/aromatic N) is 4. The second-order valence-corrected chi connectivity index (χ2v) is 6.72. The molecule has 4 rings (SSSR count). The van der Waals surface area contributed by atoms with Gasteiger partial charge in [0.05, 0.1) is 15.8 Å². The third-order valence-electron chi connectivity index (χ3n) is 4.10. The van der Waals surface area contributed by atoms with E-state index in [0.29, 0.717) is 16.7 Å². The fourth-order valence-corrected chi connectivity index (χ4v) is 3.30. The molecule has 0 fully saturated rings. The average molecular weight is 421 g/mol. The number of hydrogen-bond donors (Lipinski definition) is 0. The zero-order valence-corrected chi connectivity index (χ0v) is 15.6. The van der Waals surface area contributed by atoms with Gasteiger partial charge in [0.1, 0.15) is 12.1 Å². The van der Waals surface area contributed by atoms with Crippen molar-refractivity contribution in [2.24, 2.45) is 0 Å². The topological polar surface area (TPSA) is 72.2 Å². The van der Waals surface area contributed by atoms with Gasteiger partial charge in [0.2, 0.25) is 0 Å². The van der Waals surface area contributed by atoms with Gasteiger partial charge in [-0.1, -0.05) is 40.2 Å². The van der Waals surface area contributed by atoms with Crippen LogP contribution in [-0.4, -0.2) is 14.9 Å². The minimum absolute atomic E-state index is 0.000744. The van der Waals surface area contributed by atoms with Crippen LogP contribution >= 0.6 is 15.9 Å². The number of aromatic nitrogens is 2. The van der Waals surface area contributed by atoms with Crippen molar-refractivity contribution in [2.75, 3.05) is 4.90 Å². The number of anilines is 3. The molecule has 6 nitrogen and oxygen atoms in total. The molecule has 1 aromatic heterocycles. The number of hydrogen-bond acceptors (Lipinski definition) is 5. The largest absolute Gasteiger partial charge is 0.294 e. The van der Waals surface area contributed by atoms with Crippen LogP contribution in [0.4, 0.5) is 22.9 Å². The van der Waals surface area contributed by atoms with E-state index in [0.717, 1.165) is 15.8 Å². The summed E-state index contributed by atoms with van der Waals surface area (Å²) in [6.45, 7) is 0. The van der Waals surface area contributed by atoms with E-state index >= 15 is 0 Å². The fraction of sp³-hybridized carbons (Fsp3) is 0. The van der Waals surface area contributed by atoms with Gasteiger partial charge in [-0.3, -0.25) is 15.0 Å². The molecule has 0 radical (unpaired) electrons. The Labute approximate surface area is 163 Å². The van der Waals surface area contributed by atoms with E-state index in [1.54, 1.807) is 6.07 Å². The van der Waals surface area contributed by atoms with Crippen molar-refractivity contribution in [3.63, 3.8) is 0 Å². The monoisotopic (exact) mass is 420 g/mol. The zero-order valence-electron chi connectivity index (χ0n) is 14.0. The molecule has 0 bridgehead atoms. The molecule has 0 aliphatic rings. The molecule has 0 unspecified atom stereocenters. The number of rotatable bonds is 4. The van der Waals surface area contributed by atoms with Crippen molar-refractivity contribution >= 4 is 49.7 Å². The minimum atomic E-state index is -0.415. The van der Waals surface area contributed by atoms with Gasteiger partial charge in [-0.2, -0.15) is 0 Å². The molecular weight excluding hydrogens is 408 g/mol. The van der Waals surface area contributed by atoms with Crippen LogP contribution in [0, 0.1) is 10.1 Å². The number of para-hydroxylation sites is 1. The molecule has 3 aromatic carbocycles. The van der Waals surface area contributed by atoms with E-state index in [2.05, 4.69) is 25.9 Å². The molecule has 27 heavy (non-hydrogen) atoms. The highest BCUT2D eigenvalue weighted by molar-refractivity contribution is 9.10. The molecular formula is C20H13BrN4O2. The first kappa shape index (κ1) is 17.1. The highest BCUT2D eigenvalue weighted by Gasteiger charge is 2.19. The van der Waals surface area contributed by atoms with Crippen molar-refractivity contribution in [1.29, 1.82) is 0 Å². The summed E-state index contributed by atoms with van der Waals surface area (Å²) in [7, 11) is 0. The molecule has 0 spiro atoms. The summed E-state index contributed by atoms with van der Waals surface area (Å²) in [6.07, 6.45) is 1.47. The van der Waals surface area contributed by atoms with Crippen LogP contribution in [0.5, 0.6) is 0 Å². The lowest BCUT2D eigenvalue weighted by Crippen LogP contribution is -2.12. The Morgan fingerprint density at radius 1 is 0.889 bits per heavy atom. The van der Waals surface area contributed by atoms with Crippen LogP contribution in [0.2, 0.25) is 0 Å². The summed E-state index contributed by atoms with van der Waals surface area (Å²) < 4.78 is 0.922. The van der Waals surface area contributed by atoms with Crippen molar-refractivity contribution in [3.05, 3.63) is 93.7 Å². The maximum absolute atomic E-state index is 11.3. The summed E-state index contributed by atoms with van der Waals surface area (Å²) in [5.74, 6) is 0.577. The second kappa shape index (κ2) is 7.13. The van der Waals surface area contributed by atoms with E-state index in [4.69, 9.17) is 0 Å². The van der Waals surface area contributed by atoms with Crippen LogP contribution in [0.1, 0.15) is 0 Å². The lowest BCUT2D eigenvalue weighted by molar-refractivity contribution is -0.384. The van der Waals surface area contributed by atoms with E-state index in [1.165, 1.54) is 18.5 Å². The molecule has 0 atom stereocenters. The normalized spacial score (nSPS) is 10.7. The molecule has 1 heterocycles. The van der Waals surface area contributed by atoms with Gasteiger partial charge in [0.25, 0.3) is 5.69 Å². The maximum atomic E-state index is 11.3. The Balaban J connectivity index is 2.00. The number of non-ortho nitro benzene ring substituents is 1. The van der Waals surface area contributed by atoms with E-state index < -0.39 is 4.92 Å². The third-order valence-corrected chi connectivity index (χ3v) is 4.59. The van der Waals surface area contributed by atoms with E-state index in [1.807, 2.05) is 59.5 Å². The average Bonchev–Trinajstić information content (AvgIpc) is 2.69. The Bertz CT molecular complexity index is 1140. The van der Waals surface area contributed by atoms with Crippen LogP contribution in [0.25, 0.3) is 10.9 Å². The maximum Gasteiger partial charge on any atom is 0.270 e. The Kier molecular flexibility index (Phi) is 4.52. The van der Waals surface area contributed by atoms with Crippen LogP contribution < -0.4 is 4.90 Å². The molecule has 0 saturated carbocycles. The van der Waals surface area contributed by atoms with E-state index in [-0.39, 0.29) is 5.69 Å². The SMILES string of the molecule is O=[N+]([O-])c1ccc2ncnc(N(c3ccccc3)c3cccc(Br)c3)c2c1. The van der Waals surface area contributed by atoms with Crippen molar-refractivity contribution in [2.45, 2.75) is 0 Å². The van der Waals surface area contributed by atoms with E-state index in [9.17, 15) is 10.1 Å². The number of halogens is 1. The molecule has 4 aromatic rings. The molecule has 0 aliphatic carbocycles. The Morgan fingerprint density at radius 2 is 1.67 bits per heavy atom. The van der Waals surface area contributed by atoms with Gasteiger partial charge in [-0.05, 0) is 36.4 Å². The smallest absolute Gasteiger partial charge is 0.270 e. The number of benzene rings is 3. The highest BCUT2D eigenvalue weighted by atomic mass is 79.9. The lowest BCUT2D eigenvalue weighted by atomic mass is 10.1. The summed E-state index contributed by atoms with van der Waals surface area (Å²) in [5, 5.41) is 11.9. The number of nitro groups is 1. The molecule has 7 heteroatoms. The van der Waals surface area contributed by atoms with Gasteiger partial charge in [0, 0.05) is 28.0 Å². The van der Waals surface area contributed by atoms with Gasteiger partial charge in [0.15, 0.2) is 0 Å². The second-order valence-electron chi connectivity index (χ2n) is 5.81. The Hall–Kier alpha value is -3.32. The molecule has 0 aliphatic heterocycles. The zero-order chi connectivity index (χ0) is 18.8. The third kappa shape index (κ3) is 3.37. The summed E-state index contributed by atoms with van der Waals surface area (Å²) in [4.78, 5) is 21.5. The van der Waals surface area contributed by atoms with Gasteiger partial charge >= 0.3 is 0 Å².